The first-order valence-corrected chi connectivity index (χ1v) is 8.31. The average molecular weight is 298 g/mol. The fourth-order valence-corrected chi connectivity index (χ4v) is 2.62. The van der Waals surface area contributed by atoms with Crippen LogP contribution in [0.25, 0.3) is 0 Å². The Morgan fingerprint density at radius 1 is 1.10 bits per heavy atom. The third-order valence-electron chi connectivity index (χ3n) is 2.87. The molecule has 0 spiro atoms. The normalized spacial score (nSPS) is 11.1. The number of amides is 2. The second-order valence-corrected chi connectivity index (χ2v) is 6.42. The molecule has 0 heterocycles. The standard InChI is InChI=1S/C14H22N2O3S/c1-3-4-5-6-11-15-14(17)16-20(18,19)13-9-7-12(2)8-10-13/h7-10H,3-6,11H2,1-2H3,(H2,15,16,17). The number of benzene rings is 1. The van der Waals surface area contributed by atoms with Crippen LogP contribution in [0.4, 0.5) is 4.79 Å². The van der Waals surface area contributed by atoms with Crippen LogP contribution in [0.2, 0.25) is 0 Å². The second-order valence-electron chi connectivity index (χ2n) is 4.74. The lowest BCUT2D eigenvalue weighted by atomic mass is 10.2. The third-order valence-corrected chi connectivity index (χ3v) is 4.22. The molecule has 0 bridgehead atoms. The Hall–Kier alpha value is -1.56. The van der Waals surface area contributed by atoms with Crippen LogP contribution in [-0.2, 0) is 10.0 Å². The second kappa shape index (κ2) is 7.89. The van der Waals surface area contributed by atoms with Crippen molar-refractivity contribution < 1.29 is 13.2 Å². The molecule has 20 heavy (non-hydrogen) atoms. The van der Waals surface area contributed by atoms with E-state index in [0.717, 1.165) is 31.2 Å². The fraction of sp³-hybridized carbons (Fsp3) is 0.500. The molecule has 0 aliphatic heterocycles. The number of urea groups is 1. The topological polar surface area (TPSA) is 75.3 Å². The highest BCUT2D eigenvalue weighted by Crippen LogP contribution is 2.09. The van der Waals surface area contributed by atoms with Crippen molar-refractivity contribution in [2.75, 3.05) is 6.54 Å². The van der Waals surface area contributed by atoms with Gasteiger partial charge in [0, 0.05) is 6.54 Å². The Labute approximate surface area is 120 Å². The van der Waals surface area contributed by atoms with Crippen LogP contribution in [0.15, 0.2) is 29.2 Å². The van der Waals surface area contributed by atoms with Gasteiger partial charge in [0.05, 0.1) is 4.90 Å². The first-order valence-electron chi connectivity index (χ1n) is 6.83. The summed E-state index contributed by atoms with van der Waals surface area (Å²) < 4.78 is 25.8. The summed E-state index contributed by atoms with van der Waals surface area (Å²) in [4.78, 5) is 11.6. The fourth-order valence-electron chi connectivity index (χ4n) is 1.69. The van der Waals surface area contributed by atoms with Gasteiger partial charge in [0.25, 0.3) is 10.0 Å². The van der Waals surface area contributed by atoms with Crippen molar-refractivity contribution >= 4 is 16.1 Å². The number of rotatable bonds is 7. The van der Waals surface area contributed by atoms with Gasteiger partial charge in [-0.15, -0.1) is 0 Å². The first kappa shape index (κ1) is 16.5. The maximum atomic E-state index is 11.9. The third kappa shape index (κ3) is 5.61. The summed E-state index contributed by atoms with van der Waals surface area (Å²) in [6.07, 6.45) is 4.12. The molecule has 1 aromatic carbocycles. The van der Waals surface area contributed by atoms with Gasteiger partial charge >= 0.3 is 6.03 Å². The molecule has 0 atom stereocenters. The van der Waals surface area contributed by atoms with E-state index in [-0.39, 0.29) is 4.90 Å². The Kier molecular flexibility index (Phi) is 6.51. The first-order chi connectivity index (χ1) is 9.45. The molecule has 0 aliphatic carbocycles. The summed E-state index contributed by atoms with van der Waals surface area (Å²) in [5.74, 6) is 0. The molecule has 1 aromatic rings. The van der Waals surface area contributed by atoms with Gasteiger partial charge in [-0.05, 0) is 25.5 Å². The van der Waals surface area contributed by atoms with Crippen LogP contribution in [0.1, 0.15) is 38.2 Å². The van der Waals surface area contributed by atoms with Crippen LogP contribution in [0.5, 0.6) is 0 Å². The number of aryl methyl sites for hydroxylation is 1. The van der Waals surface area contributed by atoms with Crippen molar-refractivity contribution in [1.82, 2.24) is 10.0 Å². The highest BCUT2D eigenvalue weighted by atomic mass is 32.2. The summed E-state index contributed by atoms with van der Waals surface area (Å²) >= 11 is 0. The largest absolute Gasteiger partial charge is 0.337 e. The maximum absolute atomic E-state index is 11.9. The van der Waals surface area contributed by atoms with Gasteiger partial charge in [-0.2, -0.15) is 0 Å². The van der Waals surface area contributed by atoms with Crippen LogP contribution in [0.3, 0.4) is 0 Å². The summed E-state index contributed by atoms with van der Waals surface area (Å²) in [5.41, 5.74) is 0.962. The van der Waals surface area contributed by atoms with Crippen LogP contribution < -0.4 is 10.0 Å². The van der Waals surface area contributed by atoms with Crippen molar-refractivity contribution in [3.8, 4) is 0 Å². The molecule has 2 amide bonds. The zero-order valence-corrected chi connectivity index (χ0v) is 12.8. The molecule has 1 rings (SSSR count). The molecule has 0 saturated carbocycles. The van der Waals surface area contributed by atoms with Crippen molar-refractivity contribution in [1.29, 1.82) is 0 Å². The number of carbonyl (C=O) groups is 1. The Bertz CT molecular complexity index is 524. The quantitative estimate of drug-likeness (QED) is 0.760. The summed E-state index contributed by atoms with van der Waals surface area (Å²) in [7, 11) is -3.79. The van der Waals surface area contributed by atoms with Crippen LogP contribution >= 0.6 is 0 Å². The SMILES string of the molecule is CCCCCCNC(=O)NS(=O)(=O)c1ccc(C)cc1. The van der Waals surface area contributed by atoms with E-state index in [0.29, 0.717) is 6.54 Å². The van der Waals surface area contributed by atoms with Crippen molar-refractivity contribution in [3.63, 3.8) is 0 Å². The highest BCUT2D eigenvalue weighted by molar-refractivity contribution is 7.90. The van der Waals surface area contributed by atoms with Gasteiger partial charge in [-0.3, -0.25) is 0 Å². The lowest BCUT2D eigenvalue weighted by Gasteiger charge is -2.08. The molecule has 0 aromatic heterocycles. The minimum Gasteiger partial charge on any atom is -0.337 e. The minimum atomic E-state index is -3.79. The lowest BCUT2D eigenvalue weighted by molar-refractivity contribution is 0.245. The number of carbonyl (C=O) groups excluding carboxylic acids is 1. The van der Waals surface area contributed by atoms with E-state index in [4.69, 9.17) is 0 Å². The van der Waals surface area contributed by atoms with E-state index in [1.54, 1.807) is 12.1 Å². The molecule has 6 heteroatoms. The number of sulfonamides is 1. The number of hydrogen-bond acceptors (Lipinski definition) is 3. The van der Waals surface area contributed by atoms with Gasteiger partial charge < -0.3 is 5.32 Å². The van der Waals surface area contributed by atoms with Gasteiger partial charge in [-0.1, -0.05) is 43.9 Å². The van der Waals surface area contributed by atoms with Crippen LogP contribution in [0, 0.1) is 6.92 Å². The van der Waals surface area contributed by atoms with E-state index in [9.17, 15) is 13.2 Å². The molecule has 5 nitrogen and oxygen atoms in total. The van der Waals surface area contributed by atoms with Crippen LogP contribution in [-0.4, -0.2) is 21.0 Å². The van der Waals surface area contributed by atoms with Crippen molar-refractivity contribution in [3.05, 3.63) is 29.8 Å². The van der Waals surface area contributed by atoms with E-state index in [2.05, 4.69) is 12.2 Å². The summed E-state index contributed by atoms with van der Waals surface area (Å²) in [6, 6.07) is 5.66. The van der Waals surface area contributed by atoms with Gasteiger partial charge in [-0.25, -0.2) is 17.9 Å². The van der Waals surface area contributed by atoms with E-state index >= 15 is 0 Å². The minimum absolute atomic E-state index is 0.0873. The lowest BCUT2D eigenvalue weighted by Crippen LogP contribution is -2.39. The number of nitrogens with one attached hydrogen (secondary N) is 2. The van der Waals surface area contributed by atoms with Gasteiger partial charge in [0.15, 0.2) is 0 Å². The zero-order valence-electron chi connectivity index (χ0n) is 12.0. The Morgan fingerprint density at radius 2 is 1.75 bits per heavy atom. The number of unbranched alkanes of at least 4 members (excludes halogenated alkanes) is 3. The smallest absolute Gasteiger partial charge is 0.328 e. The van der Waals surface area contributed by atoms with E-state index in [1.807, 2.05) is 11.6 Å². The van der Waals surface area contributed by atoms with E-state index < -0.39 is 16.1 Å². The van der Waals surface area contributed by atoms with Gasteiger partial charge in [0.2, 0.25) is 0 Å². The molecule has 0 unspecified atom stereocenters. The molecule has 112 valence electrons. The van der Waals surface area contributed by atoms with Crippen molar-refractivity contribution in [2.45, 2.75) is 44.4 Å². The molecule has 0 radical (unpaired) electrons. The van der Waals surface area contributed by atoms with Gasteiger partial charge in [0.1, 0.15) is 0 Å². The summed E-state index contributed by atoms with van der Waals surface area (Å²) in [6.45, 7) is 4.45. The van der Waals surface area contributed by atoms with E-state index in [1.165, 1.54) is 12.1 Å². The highest BCUT2D eigenvalue weighted by Gasteiger charge is 2.16. The molecule has 0 aliphatic rings. The molecular formula is C14H22N2O3S. The molecule has 2 N–H and O–H groups in total. The Morgan fingerprint density at radius 3 is 2.35 bits per heavy atom. The maximum Gasteiger partial charge on any atom is 0.328 e. The predicted octanol–water partition coefficient (Wildman–Crippen LogP) is 2.56. The monoisotopic (exact) mass is 298 g/mol. The molecule has 0 fully saturated rings. The summed E-state index contributed by atoms with van der Waals surface area (Å²) in [5, 5.41) is 2.55. The molecule has 0 saturated heterocycles. The average Bonchev–Trinajstić information content (AvgIpc) is 2.38. The molecular weight excluding hydrogens is 276 g/mol. The van der Waals surface area contributed by atoms with Crippen molar-refractivity contribution in [2.24, 2.45) is 0 Å². The Balaban J connectivity index is 2.46. The zero-order chi connectivity index (χ0) is 15.0. The predicted molar refractivity (Wildman–Crippen MR) is 79.0 cm³/mol. The number of hydrogen-bond donors (Lipinski definition) is 2.